The number of rotatable bonds is 7. The normalized spacial score (nSPS) is 19.7. The van der Waals surface area contributed by atoms with E-state index in [1.807, 2.05) is 4.90 Å². The predicted octanol–water partition coefficient (Wildman–Crippen LogP) is 2.92. The minimum Gasteiger partial charge on any atom is -0.494 e. The van der Waals surface area contributed by atoms with Gasteiger partial charge >= 0.3 is 6.18 Å². The van der Waals surface area contributed by atoms with Crippen molar-refractivity contribution in [3.05, 3.63) is 54.1 Å². The number of hydrogen-bond donors (Lipinski definition) is 1. The van der Waals surface area contributed by atoms with E-state index in [2.05, 4.69) is 6.92 Å². The second kappa shape index (κ2) is 10.0. The molecule has 2 aromatic rings. The molecule has 0 unspecified atom stereocenters. The molecule has 2 fully saturated rings. The highest BCUT2D eigenvalue weighted by atomic mass is 19.4. The number of amides is 2. The van der Waals surface area contributed by atoms with Crippen LogP contribution in [0.5, 0.6) is 5.75 Å². The van der Waals surface area contributed by atoms with E-state index in [0.29, 0.717) is 49.9 Å². The van der Waals surface area contributed by atoms with E-state index < -0.39 is 17.8 Å². The monoisotopic (exact) mass is 476 g/mol. The molecule has 1 atom stereocenters. The maximum absolute atomic E-state index is 13.1. The minimum absolute atomic E-state index is 0.131. The number of alkyl halides is 3. The molecule has 0 bridgehead atoms. The highest BCUT2D eigenvalue weighted by Gasteiger charge is 2.46. The molecule has 0 aromatic heterocycles. The van der Waals surface area contributed by atoms with E-state index in [4.69, 9.17) is 4.74 Å². The topological polar surface area (TPSA) is 54.3 Å². The molecule has 0 saturated carbocycles. The lowest BCUT2D eigenvalue weighted by Crippen LogP contribution is -3.19. The minimum atomic E-state index is -4.39. The number of halogens is 3. The number of nitrogens with one attached hydrogen (secondary N) is 1. The number of carbonyl (C=O) groups excluding carboxylic acids is 2. The average Bonchev–Trinajstić information content (AvgIpc) is 3.13. The number of hydrogen-bond acceptors (Lipinski definition) is 4. The van der Waals surface area contributed by atoms with Crippen molar-refractivity contribution < 1.29 is 32.4 Å². The quantitative estimate of drug-likeness (QED) is 0.493. The largest absolute Gasteiger partial charge is 0.494 e. The van der Waals surface area contributed by atoms with Gasteiger partial charge in [0.1, 0.15) is 5.75 Å². The first-order valence-corrected chi connectivity index (χ1v) is 11.6. The number of carbonyl (C=O) groups is 2. The molecule has 2 aliphatic rings. The Balaban J connectivity index is 1.37. The number of nitrogens with zero attached hydrogens (tertiary/aromatic N) is 2. The zero-order chi connectivity index (χ0) is 24.3. The second-order valence-electron chi connectivity index (χ2n) is 8.71. The number of piperazine rings is 1. The summed E-state index contributed by atoms with van der Waals surface area (Å²) >= 11 is 0. The molecule has 2 aromatic carbocycles. The van der Waals surface area contributed by atoms with Crippen molar-refractivity contribution in [2.45, 2.75) is 38.4 Å². The maximum atomic E-state index is 13.1. The first kappa shape index (κ1) is 24.1. The number of imide groups is 1. The van der Waals surface area contributed by atoms with E-state index in [0.717, 1.165) is 29.9 Å². The van der Waals surface area contributed by atoms with Gasteiger partial charge in [-0.15, -0.1) is 0 Å². The van der Waals surface area contributed by atoms with Crippen molar-refractivity contribution in [3.8, 4) is 5.75 Å². The van der Waals surface area contributed by atoms with Gasteiger partial charge in [-0.1, -0.05) is 19.4 Å². The van der Waals surface area contributed by atoms with Gasteiger partial charge in [0.2, 0.25) is 5.91 Å². The SMILES string of the molecule is CCCCOc1ccc(N2C(=O)C[C@H]([NH+]3CCN(c4cccc(C(F)(F)F)c4)CC3)C2=O)cc1. The van der Waals surface area contributed by atoms with Crippen molar-refractivity contribution in [2.24, 2.45) is 0 Å². The van der Waals surface area contributed by atoms with Crippen LogP contribution < -0.4 is 19.4 Å². The Bertz CT molecular complexity index is 1020. The molecule has 0 spiro atoms. The van der Waals surface area contributed by atoms with E-state index >= 15 is 0 Å². The summed E-state index contributed by atoms with van der Waals surface area (Å²) in [7, 11) is 0. The number of benzene rings is 2. The third kappa shape index (κ3) is 5.19. The fourth-order valence-corrected chi connectivity index (χ4v) is 4.53. The van der Waals surface area contributed by atoms with E-state index in [-0.39, 0.29) is 18.2 Å². The highest BCUT2D eigenvalue weighted by Crippen LogP contribution is 2.31. The number of ether oxygens (including phenoxy) is 1. The highest BCUT2D eigenvalue weighted by molar-refractivity contribution is 6.21. The van der Waals surface area contributed by atoms with Crippen LogP contribution in [0.25, 0.3) is 0 Å². The zero-order valence-electron chi connectivity index (χ0n) is 19.1. The van der Waals surface area contributed by atoms with Gasteiger partial charge in [0.15, 0.2) is 6.04 Å². The molecule has 4 rings (SSSR count). The summed E-state index contributed by atoms with van der Waals surface area (Å²) in [6.45, 7) is 4.86. The smallest absolute Gasteiger partial charge is 0.416 e. The summed E-state index contributed by atoms with van der Waals surface area (Å²) in [4.78, 5) is 30.0. The predicted molar refractivity (Wildman–Crippen MR) is 122 cm³/mol. The maximum Gasteiger partial charge on any atom is 0.416 e. The van der Waals surface area contributed by atoms with Crippen LogP contribution in [0.15, 0.2) is 48.5 Å². The van der Waals surface area contributed by atoms with Crippen molar-refractivity contribution in [1.29, 1.82) is 0 Å². The van der Waals surface area contributed by atoms with Gasteiger partial charge < -0.3 is 14.5 Å². The van der Waals surface area contributed by atoms with Gasteiger partial charge in [0.05, 0.1) is 50.5 Å². The van der Waals surface area contributed by atoms with Crippen LogP contribution in [0.3, 0.4) is 0 Å². The first-order valence-electron chi connectivity index (χ1n) is 11.6. The summed E-state index contributed by atoms with van der Waals surface area (Å²) in [6.07, 6.45) is -2.27. The average molecular weight is 477 g/mol. The third-order valence-electron chi connectivity index (χ3n) is 6.45. The molecule has 6 nitrogen and oxygen atoms in total. The van der Waals surface area contributed by atoms with Crippen LogP contribution in [0.4, 0.5) is 24.5 Å². The van der Waals surface area contributed by atoms with Crippen LogP contribution in [0, 0.1) is 0 Å². The first-order chi connectivity index (χ1) is 16.3. The zero-order valence-corrected chi connectivity index (χ0v) is 19.1. The van der Waals surface area contributed by atoms with Crippen LogP contribution in [-0.2, 0) is 15.8 Å². The Kier molecular flexibility index (Phi) is 7.11. The Labute approximate surface area is 196 Å². The van der Waals surface area contributed by atoms with Gasteiger partial charge in [-0.25, -0.2) is 4.90 Å². The Hall–Kier alpha value is -3.07. The number of quaternary nitrogens is 1. The van der Waals surface area contributed by atoms with Gasteiger partial charge in [-0.2, -0.15) is 13.2 Å². The van der Waals surface area contributed by atoms with E-state index in [1.54, 1.807) is 30.3 Å². The van der Waals surface area contributed by atoms with Gasteiger partial charge in [-0.3, -0.25) is 9.59 Å². The molecular weight excluding hydrogens is 447 g/mol. The lowest BCUT2D eigenvalue weighted by Gasteiger charge is -2.35. The van der Waals surface area contributed by atoms with E-state index in [9.17, 15) is 22.8 Å². The van der Waals surface area contributed by atoms with Crippen molar-refractivity contribution >= 4 is 23.2 Å². The molecule has 0 aliphatic carbocycles. The fraction of sp³-hybridized carbons (Fsp3) is 0.440. The molecule has 182 valence electrons. The molecular formula is C25H29F3N3O3+. The Morgan fingerprint density at radius 3 is 2.38 bits per heavy atom. The van der Waals surface area contributed by atoms with Crippen molar-refractivity contribution in [1.82, 2.24) is 0 Å². The van der Waals surface area contributed by atoms with Crippen LogP contribution in [0.2, 0.25) is 0 Å². The lowest BCUT2D eigenvalue weighted by molar-refractivity contribution is -0.915. The summed E-state index contributed by atoms with van der Waals surface area (Å²) in [5.41, 5.74) is 0.377. The van der Waals surface area contributed by atoms with Gasteiger partial charge in [0.25, 0.3) is 5.91 Å². The lowest BCUT2D eigenvalue weighted by atomic mass is 10.1. The summed E-state index contributed by atoms with van der Waals surface area (Å²) < 4.78 is 44.8. The van der Waals surface area contributed by atoms with Crippen LogP contribution in [-0.4, -0.2) is 50.6 Å². The number of anilines is 2. The molecule has 2 heterocycles. The van der Waals surface area contributed by atoms with Crippen LogP contribution >= 0.6 is 0 Å². The second-order valence-corrected chi connectivity index (χ2v) is 8.71. The van der Waals surface area contributed by atoms with E-state index in [1.165, 1.54) is 11.0 Å². The molecule has 2 amide bonds. The fourth-order valence-electron chi connectivity index (χ4n) is 4.53. The van der Waals surface area contributed by atoms with Crippen LogP contribution in [0.1, 0.15) is 31.7 Å². The van der Waals surface area contributed by atoms with Gasteiger partial charge in [-0.05, 0) is 48.9 Å². The summed E-state index contributed by atoms with van der Waals surface area (Å²) in [6, 6.07) is 11.8. The molecule has 0 radical (unpaired) electrons. The Morgan fingerprint density at radius 1 is 1.03 bits per heavy atom. The standard InChI is InChI=1S/C25H28F3N3O3/c1-2-3-15-34-21-9-7-19(8-10-21)31-23(32)17-22(24(31)33)30-13-11-29(12-14-30)20-6-4-5-18(16-20)25(26,27)28/h4-10,16,22H,2-3,11-15,17H2,1H3/p+1/t22-/m0/s1. The third-order valence-corrected chi connectivity index (χ3v) is 6.45. The summed E-state index contributed by atoms with van der Waals surface area (Å²) in [5.74, 6) is 0.235. The molecule has 1 N–H and O–H groups in total. The van der Waals surface area contributed by atoms with Gasteiger partial charge in [0, 0.05) is 5.69 Å². The summed E-state index contributed by atoms with van der Waals surface area (Å²) in [5, 5.41) is 0. The van der Waals surface area contributed by atoms with Crippen molar-refractivity contribution in [2.75, 3.05) is 42.6 Å². The molecule has 2 saturated heterocycles. The molecule has 9 heteroatoms. The molecule has 34 heavy (non-hydrogen) atoms. The Morgan fingerprint density at radius 2 is 1.74 bits per heavy atom. The number of unbranched alkanes of at least 4 members (excludes halogenated alkanes) is 1. The molecule has 2 aliphatic heterocycles. The van der Waals surface area contributed by atoms with Crippen molar-refractivity contribution in [3.63, 3.8) is 0 Å².